The average Bonchev–Trinajstić information content (AvgIpc) is 2.95. The fourth-order valence-electron chi connectivity index (χ4n) is 2.71. The van der Waals surface area contributed by atoms with E-state index in [1.165, 1.54) is 16.9 Å². The molecule has 100 valence electrons. The first-order valence-electron chi connectivity index (χ1n) is 6.82. The summed E-state index contributed by atoms with van der Waals surface area (Å²) in [5.41, 5.74) is 11.8. The van der Waals surface area contributed by atoms with Gasteiger partial charge < -0.3 is 10.6 Å². The van der Waals surface area contributed by atoms with Crippen LogP contribution in [0.25, 0.3) is 0 Å². The van der Waals surface area contributed by atoms with E-state index >= 15 is 0 Å². The predicted molar refractivity (Wildman–Crippen MR) is 78.2 cm³/mol. The van der Waals surface area contributed by atoms with E-state index in [0.717, 1.165) is 37.3 Å². The molecule has 0 aliphatic carbocycles. The Morgan fingerprint density at radius 1 is 1.32 bits per heavy atom. The fraction of sp³-hybridized carbons (Fsp3) is 0.400. The lowest BCUT2D eigenvalue weighted by Crippen LogP contribution is -2.21. The largest absolute Gasteiger partial charge is 0.399 e. The van der Waals surface area contributed by atoms with Crippen molar-refractivity contribution in [3.63, 3.8) is 0 Å². The molecule has 0 radical (unpaired) electrons. The molecule has 1 aliphatic rings. The van der Waals surface area contributed by atoms with Crippen molar-refractivity contribution in [2.75, 3.05) is 17.2 Å². The van der Waals surface area contributed by atoms with Crippen molar-refractivity contribution in [1.82, 2.24) is 9.78 Å². The first-order valence-corrected chi connectivity index (χ1v) is 6.82. The summed E-state index contributed by atoms with van der Waals surface area (Å²) in [5, 5.41) is 4.51. The maximum Gasteiger partial charge on any atom is 0.0625 e. The van der Waals surface area contributed by atoms with Crippen molar-refractivity contribution in [3.8, 4) is 0 Å². The van der Waals surface area contributed by atoms with Crippen molar-refractivity contribution in [2.45, 2.75) is 26.3 Å². The molecule has 2 N–H and O–H groups in total. The molecule has 4 heteroatoms. The molecule has 3 rings (SSSR count). The van der Waals surface area contributed by atoms with Crippen LogP contribution in [0.1, 0.15) is 23.9 Å². The lowest BCUT2D eigenvalue weighted by molar-refractivity contribution is 0.680. The van der Waals surface area contributed by atoms with Gasteiger partial charge in [0.25, 0.3) is 0 Å². The first kappa shape index (κ1) is 12.1. The molecular formula is C15H20N4. The summed E-state index contributed by atoms with van der Waals surface area (Å²) in [6.07, 6.45) is 2.09. The molecule has 2 heterocycles. The summed E-state index contributed by atoms with van der Waals surface area (Å²) in [5.74, 6) is 0. The van der Waals surface area contributed by atoms with Gasteiger partial charge in [-0.25, -0.2) is 0 Å². The van der Waals surface area contributed by atoms with Crippen LogP contribution < -0.4 is 10.6 Å². The summed E-state index contributed by atoms with van der Waals surface area (Å²) in [4.78, 5) is 2.39. The Morgan fingerprint density at radius 3 is 2.89 bits per heavy atom. The molecule has 0 atom stereocenters. The zero-order valence-corrected chi connectivity index (χ0v) is 11.6. The van der Waals surface area contributed by atoms with E-state index in [1.807, 2.05) is 17.8 Å². The second-order valence-corrected chi connectivity index (χ2v) is 5.16. The van der Waals surface area contributed by atoms with Crippen LogP contribution in [0.2, 0.25) is 0 Å². The van der Waals surface area contributed by atoms with Gasteiger partial charge in [-0.15, -0.1) is 0 Å². The number of aromatic nitrogens is 2. The number of nitrogens with zero attached hydrogens (tertiary/aromatic N) is 3. The minimum absolute atomic E-state index is 0.838. The smallest absolute Gasteiger partial charge is 0.0625 e. The molecule has 2 aromatic rings. The topological polar surface area (TPSA) is 47.1 Å². The van der Waals surface area contributed by atoms with Crippen molar-refractivity contribution >= 4 is 11.4 Å². The summed E-state index contributed by atoms with van der Waals surface area (Å²) < 4.78 is 1.99. The van der Waals surface area contributed by atoms with Crippen LogP contribution in [-0.2, 0) is 26.4 Å². The quantitative estimate of drug-likeness (QED) is 0.856. The highest BCUT2D eigenvalue weighted by atomic mass is 15.3. The van der Waals surface area contributed by atoms with Crippen LogP contribution in [-0.4, -0.2) is 16.3 Å². The Hall–Kier alpha value is -1.97. The average molecular weight is 256 g/mol. The van der Waals surface area contributed by atoms with Crippen LogP contribution in [0.15, 0.2) is 24.3 Å². The molecule has 0 fully saturated rings. The number of hydrogen-bond donors (Lipinski definition) is 1. The zero-order chi connectivity index (χ0) is 13.4. The first-order chi connectivity index (χ1) is 9.17. The summed E-state index contributed by atoms with van der Waals surface area (Å²) in [7, 11) is 2.02. The summed E-state index contributed by atoms with van der Waals surface area (Å²) in [6, 6.07) is 8.41. The van der Waals surface area contributed by atoms with Gasteiger partial charge in [-0.2, -0.15) is 5.10 Å². The molecule has 1 aromatic heterocycles. The number of benzene rings is 1. The molecule has 1 aliphatic heterocycles. The monoisotopic (exact) mass is 256 g/mol. The van der Waals surface area contributed by atoms with Gasteiger partial charge in [-0.3, -0.25) is 4.68 Å². The van der Waals surface area contributed by atoms with Crippen LogP contribution in [0, 0.1) is 0 Å². The molecule has 1 aromatic carbocycles. The van der Waals surface area contributed by atoms with E-state index in [2.05, 4.69) is 35.1 Å². The standard InChI is InChI=1S/C15H20N4/c1-3-13-9-14(18(2)17-13)10-19-7-6-11-4-5-12(16)8-15(11)19/h4-5,8-9H,3,6-7,10,16H2,1-2H3. The number of anilines is 2. The van der Waals surface area contributed by atoms with Crippen LogP contribution in [0.5, 0.6) is 0 Å². The van der Waals surface area contributed by atoms with E-state index in [9.17, 15) is 0 Å². The van der Waals surface area contributed by atoms with E-state index in [-0.39, 0.29) is 0 Å². The molecule has 0 unspecified atom stereocenters. The van der Waals surface area contributed by atoms with Gasteiger partial charge in [-0.1, -0.05) is 13.0 Å². The summed E-state index contributed by atoms with van der Waals surface area (Å²) in [6.45, 7) is 4.10. The number of hydrogen-bond acceptors (Lipinski definition) is 3. The third-order valence-corrected chi connectivity index (χ3v) is 3.84. The minimum Gasteiger partial charge on any atom is -0.399 e. The third kappa shape index (κ3) is 2.18. The minimum atomic E-state index is 0.838. The highest BCUT2D eigenvalue weighted by Crippen LogP contribution is 2.31. The number of fused-ring (bicyclic) bond motifs is 1. The molecular weight excluding hydrogens is 236 g/mol. The molecule has 0 saturated heterocycles. The van der Waals surface area contributed by atoms with E-state index in [0.29, 0.717) is 0 Å². The lowest BCUT2D eigenvalue weighted by Gasteiger charge is -2.19. The van der Waals surface area contributed by atoms with E-state index in [1.54, 1.807) is 0 Å². The Morgan fingerprint density at radius 2 is 2.16 bits per heavy atom. The van der Waals surface area contributed by atoms with Gasteiger partial charge in [0.05, 0.1) is 17.9 Å². The lowest BCUT2D eigenvalue weighted by atomic mass is 10.1. The molecule has 0 spiro atoms. The number of aryl methyl sites for hydroxylation is 2. The van der Waals surface area contributed by atoms with Crippen LogP contribution in [0.3, 0.4) is 0 Å². The second-order valence-electron chi connectivity index (χ2n) is 5.16. The Kier molecular flexibility index (Phi) is 2.93. The van der Waals surface area contributed by atoms with Crippen LogP contribution >= 0.6 is 0 Å². The molecule has 4 nitrogen and oxygen atoms in total. The Bertz CT molecular complexity index is 600. The summed E-state index contributed by atoms with van der Waals surface area (Å²) >= 11 is 0. The maximum absolute atomic E-state index is 5.90. The van der Waals surface area contributed by atoms with Gasteiger partial charge >= 0.3 is 0 Å². The SMILES string of the molecule is CCc1cc(CN2CCc3ccc(N)cc32)n(C)n1. The highest BCUT2D eigenvalue weighted by Gasteiger charge is 2.20. The molecule has 0 amide bonds. The predicted octanol–water partition coefficient (Wildman–Crippen LogP) is 2.13. The Balaban J connectivity index is 1.86. The zero-order valence-electron chi connectivity index (χ0n) is 11.6. The van der Waals surface area contributed by atoms with Crippen LogP contribution in [0.4, 0.5) is 11.4 Å². The van der Waals surface area contributed by atoms with E-state index < -0.39 is 0 Å². The molecule has 19 heavy (non-hydrogen) atoms. The third-order valence-electron chi connectivity index (χ3n) is 3.84. The Labute approximate surface area is 113 Å². The van der Waals surface area contributed by atoms with Gasteiger partial charge in [0.2, 0.25) is 0 Å². The number of nitrogens with two attached hydrogens (primary N) is 1. The molecule has 0 saturated carbocycles. The van der Waals surface area contributed by atoms with Gasteiger partial charge in [-0.05, 0) is 36.6 Å². The van der Waals surface area contributed by atoms with Crippen molar-refractivity contribution < 1.29 is 0 Å². The van der Waals surface area contributed by atoms with Gasteiger partial charge in [0, 0.05) is 25.0 Å². The fourth-order valence-corrected chi connectivity index (χ4v) is 2.71. The highest BCUT2D eigenvalue weighted by molar-refractivity contribution is 5.64. The van der Waals surface area contributed by atoms with Crippen molar-refractivity contribution in [1.29, 1.82) is 0 Å². The van der Waals surface area contributed by atoms with Gasteiger partial charge in [0.15, 0.2) is 0 Å². The van der Waals surface area contributed by atoms with Gasteiger partial charge in [0.1, 0.15) is 0 Å². The van der Waals surface area contributed by atoms with E-state index in [4.69, 9.17) is 5.73 Å². The maximum atomic E-state index is 5.90. The second kappa shape index (κ2) is 4.61. The number of nitrogen functional groups attached to an aromatic ring is 1. The van der Waals surface area contributed by atoms with Crippen molar-refractivity contribution in [3.05, 3.63) is 41.2 Å². The normalized spacial score (nSPS) is 13.9. The number of rotatable bonds is 3. The van der Waals surface area contributed by atoms with Crippen molar-refractivity contribution in [2.24, 2.45) is 7.05 Å². The molecule has 0 bridgehead atoms.